The molecule has 0 saturated heterocycles. The molecule has 70 valence electrons. The second-order valence-electron chi connectivity index (χ2n) is 2.77. The van der Waals surface area contributed by atoms with E-state index in [2.05, 4.69) is 17.1 Å². The lowest BCUT2D eigenvalue weighted by atomic mass is 10.2. The summed E-state index contributed by atoms with van der Waals surface area (Å²) in [7, 11) is 0. The summed E-state index contributed by atoms with van der Waals surface area (Å²) in [4.78, 5) is 4.13. The molecule has 1 unspecified atom stereocenters. The lowest BCUT2D eigenvalue weighted by molar-refractivity contribution is 0.370. The first-order valence-electron chi connectivity index (χ1n) is 4.14. The summed E-state index contributed by atoms with van der Waals surface area (Å²) in [5, 5.41) is 0. The molecule has 1 atom stereocenters. The standard InChI is InChI=1S/C10H12INO/c1-9(13-11)4-2-5-10-6-3-7-12-8-10/h2-7,9H,8H2,1H3/b4-2-,10-5-. The fourth-order valence-electron chi connectivity index (χ4n) is 0.912. The van der Waals surface area contributed by atoms with Crippen LogP contribution in [0.1, 0.15) is 6.92 Å². The Morgan fingerprint density at radius 2 is 2.54 bits per heavy atom. The Labute approximate surface area is 92.8 Å². The van der Waals surface area contributed by atoms with Gasteiger partial charge in [0.2, 0.25) is 0 Å². The maximum atomic E-state index is 5.05. The number of dihydropyridines is 1. The van der Waals surface area contributed by atoms with Gasteiger partial charge in [-0.1, -0.05) is 24.3 Å². The fraction of sp³-hybridized carbons (Fsp3) is 0.300. The minimum absolute atomic E-state index is 0.161. The third-order valence-corrected chi connectivity index (χ3v) is 2.41. The zero-order chi connectivity index (χ0) is 9.52. The van der Waals surface area contributed by atoms with Gasteiger partial charge < -0.3 is 3.07 Å². The first-order chi connectivity index (χ1) is 6.33. The van der Waals surface area contributed by atoms with Crippen molar-refractivity contribution in [3.63, 3.8) is 0 Å². The molecule has 0 amide bonds. The molecule has 0 bridgehead atoms. The molecular weight excluding hydrogens is 277 g/mol. The molecule has 0 aliphatic carbocycles. The zero-order valence-electron chi connectivity index (χ0n) is 7.48. The summed E-state index contributed by atoms with van der Waals surface area (Å²) >= 11 is 1.90. The predicted octanol–water partition coefficient (Wildman–Crippen LogP) is 2.86. The van der Waals surface area contributed by atoms with Crippen LogP contribution in [-0.4, -0.2) is 18.9 Å². The second kappa shape index (κ2) is 6.10. The van der Waals surface area contributed by atoms with Gasteiger partial charge in [0.15, 0.2) is 0 Å². The first-order valence-corrected chi connectivity index (χ1v) is 5.02. The van der Waals surface area contributed by atoms with Crippen LogP contribution in [0.2, 0.25) is 0 Å². The molecule has 0 spiro atoms. The van der Waals surface area contributed by atoms with Crippen LogP contribution in [0.3, 0.4) is 0 Å². The van der Waals surface area contributed by atoms with E-state index < -0.39 is 0 Å². The van der Waals surface area contributed by atoms with Crippen molar-refractivity contribution in [2.75, 3.05) is 6.54 Å². The number of rotatable bonds is 3. The van der Waals surface area contributed by atoms with E-state index in [1.54, 1.807) is 0 Å². The van der Waals surface area contributed by atoms with Crippen LogP contribution in [0.15, 0.2) is 40.9 Å². The van der Waals surface area contributed by atoms with Crippen LogP contribution < -0.4 is 0 Å². The van der Waals surface area contributed by atoms with Crippen molar-refractivity contribution in [1.82, 2.24) is 0 Å². The smallest absolute Gasteiger partial charge is 0.110 e. The Hall–Kier alpha value is -0.420. The topological polar surface area (TPSA) is 21.6 Å². The van der Waals surface area contributed by atoms with Gasteiger partial charge in [-0.25, -0.2) is 0 Å². The monoisotopic (exact) mass is 289 g/mol. The van der Waals surface area contributed by atoms with Crippen LogP contribution in [0.4, 0.5) is 0 Å². The summed E-state index contributed by atoms with van der Waals surface area (Å²) in [6.45, 7) is 2.77. The quantitative estimate of drug-likeness (QED) is 0.732. The average Bonchev–Trinajstić information content (AvgIpc) is 2.19. The minimum Gasteiger partial charge on any atom is -0.309 e. The number of halogens is 1. The van der Waals surface area contributed by atoms with Crippen molar-refractivity contribution in [2.24, 2.45) is 4.99 Å². The van der Waals surface area contributed by atoms with Crippen LogP contribution in [-0.2, 0) is 3.07 Å². The molecule has 0 saturated carbocycles. The summed E-state index contributed by atoms with van der Waals surface area (Å²) in [5.74, 6) is 0. The molecule has 0 aromatic rings. The molecule has 1 rings (SSSR count). The summed E-state index contributed by atoms with van der Waals surface area (Å²) in [6, 6.07) is 0. The molecule has 13 heavy (non-hydrogen) atoms. The Balaban J connectivity index is 2.43. The molecule has 2 nitrogen and oxygen atoms in total. The first kappa shape index (κ1) is 10.7. The van der Waals surface area contributed by atoms with Crippen molar-refractivity contribution in [3.8, 4) is 0 Å². The Morgan fingerprint density at radius 3 is 3.15 bits per heavy atom. The maximum absolute atomic E-state index is 5.05. The summed E-state index contributed by atoms with van der Waals surface area (Å²) < 4.78 is 5.05. The Morgan fingerprint density at radius 1 is 1.69 bits per heavy atom. The van der Waals surface area contributed by atoms with Gasteiger partial charge in [0.05, 0.1) is 12.6 Å². The molecule has 0 N–H and O–H groups in total. The van der Waals surface area contributed by atoms with Crippen molar-refractivity contribution in [1.29, 1.82) is 0 Å². The van der Waals surface area contributed by atoms with Gasteiger partial charge in [-0.05, 0) is 18.6 Å². The number of hydrogen-bond donors (Lipinski definition) is 0. The normalized spacial score (nSPS) is 21.5. The number of nitrogens with zero attached hydrogens (tertiary/aromatic N) is 1. The molecular formula is C10H12INO. The van der Waals surface area contributed by atoms with Crippen LogP contribution in [0.5, 0.6) is 0 Å². The van der Waals surface area contributed by atoms with Gasteiger partial charge in [-0.2, -0.15) is 0 Å². The molecule has 0 aromatic heterocycles. The highest BCUT2D eigenvalue weighted by atomic mass is 127. The lowest BCUT2D eigenvalue weighted by Gasteiger charge is -2.00. The van der Waals surface area contributed by atoms with Gasteiger partial charge >= 0.3 is 0 Å². The predicted molar refractivity (Wildman–Crippen MR) is 64.3 cm³/mol. The average molecular weight is 289 g/mol. The summed E-state index contributed by atoms with van der Waals surface area (Å²) in [6.07, 6.45) is 12.1. The van der Waals surface area contributed by atoms with E-state index in [0.717, 1.165) is 6.54 Å². The zero-order valence-corrected chi connectivity index (χ0v) is 9.64. The van der Waals surface area contributed by atoms with Crippen LogP contribution in [0, 0.1) is 0 Å². The SMILES string of the molecule is CC(/C=C\C=C1\C=CC=NC1)OI. The van der Waals surface area contributed by atoms with Gasteiger partial charge in [0.25, 0.3) is 0 Å². The molecule has 0 aromatic carbocycles. The second-order valence-corrected chi connectivity index (χ2v) is 3.28. The molecule has 1 heterocycles. The van der Waals surface area contributed by atoms with Gasteiger partial charge in [-0.15, -0.1) is 0 Å². The number of hydrogen-bond acceptors (Lipinski definition) is 2. The molecule has 0 radical (unpaired) electrons. The molecule has 1 aliphatic rings. The lowest BCUT2D eigenvalue weighted by Crippen LogP contribution is -1.94. The highest BCUT2D eigenvalue weighted by molar-refractivity contribution is 14.1. The largest absolute Gasteiger partial charge is 0.309 e. The molecule has 0 fully saturated rings. The van der Waals surface area contributed by atoms with E-state index in [4.69, 9.17) is 3.07 Å². The van der Waals surface area contributed by atoms with E-state index in [1.807, 2.05) is 54.4 Å². The molecule has 3 heteroatoms. The fourth-order valence-corrected chi connectivity index (χ4v) is 1.08. The van der Waals surface area contributed by atoms with Gasteiger partial charge in [0, 0.05) is 6.21 Å². The maximum Gasteiger partial charge on any atom is 0.110 e. The van der Waals surface area contributed by atoms with Gasteiger partial charge in [-0.3, -0.25) is 4.99 Å². The van der Waals surface area contributed by atoms with Gasteiger partial charge in [0.1, 0.15) is 23.0 Å². The van der Waals surface area contributed by atoms with Crippen molar-refractivity contribution in [3.05, 3.63) is 36.0 Å². The van der Waals surface area contributed by atoms with Crippen molar-refractivity contribution < 1.29 is 3.07 Å². The Bertz CT molecular complexity index is 266. The third kappa shape index (κ3) is 4.38. The van der Waals surface area contributed by atoms with Crippen molar-refractivity contribution >= 4 is 29.2 Å². The van der Waals surface area contributed by atoms with Crippen molar-refractivity contribution in [2.45, 2.75) is 13.0 Å². The third-order valence-electron chi connectivity index (χ3n) is 1.61. The van der Waals surface area contributed by atoms with E-state index >= 15 is 0 Å². The van der Waals surface area contributed by atoms with E-state index in [1.165, 1.54) is 5.57 Å². The van der Waals surface area contributed by atoms with E-state index in [0.29, 0.717) is 0 Å². The molecule has 1 aliphatic heterocycles. The van der Waals surface area contributed by atoms with Crippen LogP contribution in [0.25, 0.3) is 0 Å². The summed E-state index contributed by atoms with van der Waals surface area (Å²) in [5.41, 5.74) is 1.22. The number of aliphatic imine (C=N–C) groups is 1. The number of allylic oxidation sites excluding steroid dienone is 3. The van der Waals surface area contributed by atoms with E-state index in [9.17, 15) is 0 Å². The highest BCUT2D eigenvalue weighted by Crippen LogP contribution is 2.03. The minimum atomic E-state index is 0.161. The Kier molecular flexibility index (Phi) is 5.00. The van der Waals surface area contributed by atoms with E-state index in [-0.39, 0.29) is 6.10 Å². The highest BCUT2D eigenvalue weighted by Gasteiger charge is 1.93. The van der Waals surface area contributed by atoms with Crippen LogP contribution >= 0.6 is 23.0 Å².